The molecule has 1 aromatic heterocycles. The van der Waals surface area contributed by atoms with Gasteiger partial charge in [-0.05, 0) is 0 Å². The summed E-state index contributed by atoms with van der Waals surface area (Å²) in [6.07, 6.45) is -6.21. The van der Waals surface area contributed by atoms with Crippen molar-refractivity contribution in [2.75, 3.05) is 12.4 Å². The predicted octanol–water partition coefficient (Wildman–Crippen LogP) is 2.03. The lowest BCUT2D eigenvalue weighted by atomic mass is 10.4. The number of amides is 1. The normalized spacial score (nSPS) is 11.1. The average molecular weight is 270 g/mol. The number of anilines is 1. The molecule has 1 rings (SSSR count). The highest BCUT2D eigenvalue weighted by molar-refractivity contribution is 6.29. The predicted molar refractivity (Wildman–Crippen MR) is 52.9 cm³/mol. The molecule has 9 heteroatoms. The van der Waals surface area contributed by atoms with Gasteiger partial charge < -0.3 is 4.74 Å². The molecule has 94 valence electrons. The Morgan fingerprint density at radius 1 is 1.53 bits per heavy atom. The first-order chi connectivity index (χ1) is 7.80. The topological polar surface area (TPSA) is 64.1 Å². The molecule has 0 aliphatic carbocycles. The van der Waals surface area contributed by atoms with Crippen LogP contribution in [0.3, 0.4) is 0 Å². The zero-order valence-corrected chi connectivity index (χ0v) is 9.26. The van der Waals surface area contributed by atoms with Gasteiger partial charge >= 0.3 is 6.18 Å². The summed E-state index contributed by atoms with van der Waals surface area (Å²) in [6.45, 7) is 0. The van der Waals surface area contributed by atoms with Crippen molar-refractivity contribution in [3.63, 3.8) is 0 Å². The molecule has 0 radical (unpaired) electrons. The smallest absolute Gasteiger partial charge is 0.397 e. The van der Waals surface area contributed by atoms with Gasteiger partial charge in [0.1, 0.15) is 11.6 Å². The van der Waals surface area contributed by atoms with Crippen LogP contribution in [0.2, 0.25) is 5.15 Å². The zero-order valence-electron chi connectivity index (χ0n) is 8.51. The molecular formula is C8H7ClF3N3O2. The number of ether oxygens (including phenoxy) is 1. The first kappa shape index (κ1) is 13.5. The van der Waals surface area contributed by atoms with Crippen molar-refractivity contribution in [3.8, 4) is 5.88 Å². The van der Waals surface area contributed by atoms with Crippen LogP contribution in [0.15, 0.2) is 6.07 Å². The summed E-state index contributed by atoms with van der Waals surface area (Å²) in [5.41, 5.74) is 0. The maximum Gasteiger partial charge on any atom is 0.397 e. The minimum absolute atomic E-state index is 0.0345. The Bertz CT molecular complexity index is 425. The van der Waals surface area contributed by atoms with Crippen LogP contribution in [0.5, 0.6) is 5.88 Å². The molecule has 0 fully saturated rings. The summed E-state index contributed by atoms with van der Waals surface area (Å²) in [7, 11) is 1.29. The summed E-state index contributed by atoms with van der Waals surface area (Å²) < 4.78 is 40.4. The van der Waals surface area contributed by atoms with Gasteiger partial charge in [0.15, 0.2) is 0 Å². The van der Waals surface area contributed by atoms with E-state index in [1.54, 1.807) is 0 Å². The first-order valence-electron chi connectivity index (χ1n) is 4.25. The summed E-state index contributed by atoms with van der Waals surface area (Å²) in [5.74, 6) is -1.59. The molecule has 1 aromatic rings. The van der Waals surface area contributed by atoms with Gasteiger partial charge in [0.2, 0.25) is 17.7 Å². The molecule has 0 aromatic carbocycles. The molecular weight excluding hydrogens is 263 g/mol. The zero-order chi connectivity index (χ0) is 13.1. The number of hydrogen-bond donors (Lipinski definition) is 1. The Labute approximate surface area is 99.0 Å². The van der Waals surface area contributed by atoms with Gasteiger partial charge in [0.05, 0.1) is 7.11 Å². The Kier molecular flexibility index (Phi) is 4.11. The monoisotopic (exact) mass is 269 g/mol. The van der Waals surface area contributed by atoms with E-state index < -0.39 is 18.5 Å². The SMILES string of the molecule is COc1cc(Cl)nc(NC(=O)CC(F)(F)F)n1. The number of alkyl halides is 3. The summed E-state index contributed by atoms with van der Waals surface area (Å²) in [5, 5.41) is 1.81. The minimum Gasteiger partial charge on any atom is -0.481 e. The molecule has 1 heterocycles. The van der Waals surface area contributed by atoms with E-state index >= 15 is 0 Å². The molecule has 1 N–H and O–H groups in total. The number of halogens is 4. The van der Waals surface area contributed by atoms with E-state index in [0.29, 0.717) is 0 Å². The van der Waals surface area contributed by atoms with Gasteiger partial charge in [-0.3, -0.25) is 10.1 Å². The van der Waals surface area contributed by atoms with E-state index in [1.807, 2.05) is 5.32 Å². The molecule has 0 unspecified atom stereocenters. The molecule has 0 atom stereocenters. The maximum absolute atomic E-state index is 11.9. The Morgan fingerprint density at radius 3 is 2.71 bits per heavy atom. The Morgan fingerprint density at radius 2 is 2.18 bits per heavy atom. The number of rotatable bonds is 3. The van der Waals surface area contributed by atoms with E-state index in [9.17, 15) is 18.0 Å². The van der Waals surface area contributed by atoms with Crippen LogP contribution in [0.25, 0.3) is 0 Å². The van der Waals surface area contributed by atoms with Crippen LogP contribution in [0.1, 0.15) is 6.42 Å². The number of methoxy groups -OCH3 is 1. The van der Waals surface area contributed by atoms with Crippen molar-refractivity contribution >= 4 is 23.5 Å². The third-order valence-electron chi connectivity index (χ3n) is 1.49. The molecule has 0 aliphatic heterocycles. The standard InChI is InChI=1S/C8H7ClF3N3O2/c1-17-6-2-4(9)13-7(15-6)14-5(16)3-8(10,11)12/h2H,3H2,1H3,(H,13,14,15,16). The highest BCUT2D eigenvalue weighted by atomic mass is 35.5. The van der Waals surface area contributed by atoms with Crippen LogP contribution in [0, 0.1) is 0 Å². The van der Waals surface area contributed by atoms with E-state index in [4.69, 9.17) is 16.3 Å². The van der Waals surface area contributed by atoms with Crippen molar-refractivity contribution in [1.82, 2.24) is 9.97 Å². The van der Waals surface area contributed by atoms with E-state index in [1.165, 1.54) is 13.2 Å². The van der Waals surface area contributed by atoms with Gasteiger partial charge in [-0.25, -0.2) is 4.98 Å². The van der Waals surface area contributed by atoms with Crippen LogP contribution in [0.4, 0.5) is 19.1 Å². The molecule has 0 saturated carbocycles. The summed E-state index contributed by atoms with van der Waals surface area (Å²) in [4.78, 5) is 18.1. The van der Waals surface area contributed by atoms with E-state index in [2.05, 4.69) is 9.97 Å². The number of nitrogens with one attached hydrogen (secondary N) is 1. The van der Waals surface area contributed by atoms with Gasteiger partial charge in [0.25, 0.3) is 0 Å². The number of nitrogens with zero attached hydrogens (tertiary/aromatic N) is 2. The third kappa shape index (κ3) is 4.85. The van der Waals surface area contributed by atoms with Crippen molar-refractivity contribution in [2.24, 2.45) is 0 Å². The fraction of sp³-hybridized carbons (Fsp3) is 0.375. The first-order valence-corrected chi connectivity index (χ1v) is 4.63. The third-order valence-corrected chi connectivity index (χ3v) is 1.69. The maximum atomic E-state index is 11.9. The Balaban J connectivity index is 2.74. The highest BCUT2D eigenvalue weighted by Crippen LogP contribution is 2.21. The van der Waals surface area contributed by atoms with Gasteiger partial charge in [-0.1, -0.05) is 11.6 Å². The minimum atomic E-state index is -4.59. The molecule has 5 nitrogen and oxygen atoms in total. The molecule has 1 amide bonds. The molecule has 0 bridgehead atoms. The fourth-order valence-electron chi connectivity index (χ4n) is 0.908. The second kappa shape index (κ2) is 5.17. The molecule has 0 saturated heterocycles. The fourth-order valence-corrected chi connectivity index (χ4v) is 1.08. The lowest BCUT2D eigenvalue weighted by Crippen LogP contribution is -2.22. The van der Waals surface area contributed by atoms with Crippen molar-refractivity contribution in [2.45, 2.75) is 12.6 Å². The van der Waals surface area contributed by atoms with Crippen molar-refractivity contribution in [3.05, 3.63) is 11.2 Å². The number of aromatic nitrogens is 2. The summed E-state index contributed by atoms with van der Waals surface area (Å²) in [6, 6.07) is 1.25. The van der Waals surface area contributed by atoms with Crippen molar-refractivity contribution < 1.29 is 22.7 Å². The van der Waals surface area contributed by atoms with Crippen LogP contribution in [-0.2, 0) is 4.79 Å². The number of hydrogen-bond acceptors (Lipinski definition) is 4. The van der Waals surface area contributed by atoms with Crippen molar-refractivity contribution in [1.29, 1.82) is 0 Å². The highest BCUT2D eigenvalue weighted by Gasteiger charge is 2.31. The second-order valence-electron chi connectivity index (χ2n) is 2.90. The lowest BCUT2D eigenvalue weighted by molar-refractivity contribution is -0.150. The van der Waals surface area contributed by atoms with Gasteiger partial charge in [0, 0.05) is 6.07 Å². The van der Waals surface area contributed by atoms with Gasteiger partial charge in [-0.15, -0.1) is 0 Å². The van der Waals surface area contributed by atoms with Crippen LogP contribution in [-0.4, -0.2) is 29.2 Å². The summed E-state index contributed by atoms with van der Waals surface area (Å²) >= 11 is 5.54. The largest absolute Gasteiger partial charge is 0.481 e. The Hall–Kier alpha value is -1.57. The molecule has 0 spiro atoms. The molecule has 0 aliphatic rings. The van der Waals surface area contributed by atoms with Crippen LogP contribution >= 0.6 is 11.6 Å². The van der Waals surface area contributed by atoms with Gasteiger partial charge in [-0.2, -0.15) is 18.2 Å². The number of carbonyl (C=O) groups is 1. The molecule has 17 heavy (non-hydrogen) atoms. The quantitative estimate of drug-likeness (QED) is 0.853. The van der Waals surface area contributed by atoms with E-state index in [-0.39, 0.29) is 17.0 Å². The number of carbonyl (C=O) groups excluding carboxylic acids is 1. The second-order valence-corrected chi connectivity index (χ2v) is 3.28. The van der Waals surface area contributed by atoms with E-state index in [0.717, 1.165) is 0 Å². The lowest BCUT2D eigenvalue weighted by Gasteiger charge is -2.07. The average Bonchev–Trinajstić information content (AvgIpc) is 2.13. The van der Waals surface area contributed by atoms with Crippen LogP contribution < -0.4 is 10.1 Å².